The van der Waals surface area contributed by atoms with Crippen LogP contribution in [0.2, 0.25) is 0 Å². The van der Waals surface area contributed by atoms with Crippen LogP contribution in [0.3, 0.4) is 0 Å². The molecule has 0 fully saturated rings. The summed E-state index contributed by atoms with van der Waals surface area (Å²) in [4.78, 5) is 6.31. The second-order valence-electron chi connectivity index (χ2n) is 4.58. The van der Waals surface area contributed by atoms with Crippen LogP contribution in [0, 0.1) is 5.92 Å². The molecule has 94 valence electrons. The van der Waals surface area contributed by atoms with Gasteiger partial charge < -0.3 is 10.6 Å². The summed E-state index contributed by atoms with van der Waals surface area (Å²) < 4.78 is 1.08. The molecule has 3 nitrogen and oxygen atoms in total. The summed E-state index contributed by atoms with van der Waals surface area (Å²) in [6.45, 7) is 5.80. The normalized spacial score (nSPS) is 11.9. The Balaban J connectivity index is 2.59. The maximum absolute atomic E-state index is 5.92. The van der Waals surface area contributed by atoms with Crippen molar-refractivity contribution < 1.29 is 0 Å². The molecule has 1 aromatic carbocycles. The van der Waals surface area contributed by atoms with E-state index < -0.39 is 0 Å². The van der Waals surface area contributed by atoms with Crippen molar-refractivity contribution in [2.24, 2.45) is 16.6 Å². The van der Waals surface area contributed by atoms with Gasteiger partial charge in [0.15, 0.2) is 5.96 Å². The number of rotatable bonds is 4. The van der Waals surface area contributed by atoms with Gasteiger partial charge in [0.25, 0.3) is 0 Å². The lowest BCUT2D eigenvalue weighted by Gasteiger charge is -2.18. The van der Waals surface area contributed by atoms with E-state index in [2.05, 4.69) is 46.9 Å². The molecule has 0 aromatic heterocycles. The molecule has 4 heteroatoms. The highest BCUT2D eigenvalue weighted by molar-refractivity contribution is 9.10. The maximum Gasteiger partial charge on any atom is 0.191 e. The molecule has 17 heavy (non-hydrogen) atoms. The van der Waals surface area contributed by atoms with Crippen LogP contribution in [-0.4, -0.2) is 24.5 Å². The average Bonchev–Trinajstić information content (AvgIpc) is 2.25. The number of halogens is 1. The third-order valence-electron chi connectivity index (χ3n) is 2.32. The van der Waals surface area contributed by atoms with Crippen molar-refractivity contribution in [3.05, 3.63) is 34.3 Å². The van der Waals surface area contributed by atoms with E-state index >= 15 is 0 Å². The van der Waals surface area contributed by atoms with Crippen molar-refractivity contribution in [3.8, 4) is 0 Å². The second-order valence-corrected chi connectivity index (χ2v) is 5.49. The monoisotopic (exact) mass is 297 g/mol. The average molecular weight is 298 g/mol. The fraction of sp³-hybridized carbons (Fsp3) is 0.462. The van der Waals surface area contributed by atoms with Crippen molar-refractivity contribution in [2.75, 3.05) is 13.6 Å². The number of nitrogens with two attached hydrogens (primary N) is 1. The van der Waals surface area contributed by atoms with Crippen LogP contribution in [0.25, 0.3) is 0 Å². The van der Waals surface area contributed by atoms with E-state index in [4.69, 9.17) is 5.73 Å². The first-order chi connectivity index (χ1) is 7.99. The number of benzene rings is 1. The molecule has 0 atom stereocenters. The highest BCUT2D eigenvalue weighted by Crippen LogP contribution is 2.12. The molecule has 0 amide bonds. The minimum Gasteiger partial charge on any atom is -0.370 e. The van der Waals surface area contributed by atoms with Crippen LogP contribution in [-0.2, 0) is 6.54 Å². The van der Waals surface area contributed by atoms with Gasteiger partial charge in [0.2, 0.25) is 0 Å². The predicted octanol–water partition coefficient (Wildman–Crippen LogP) is 2.85. The molecule has 0 spiro atoms. The first kappa shape index (κ1) is 14.0. The Labute approximate surface area is 112 Å². The maximum atomic E-state index is 5.92. The van der Waals surface area contributed by atoms with Crippen molar-refractivity contribution in [2.45, 2.75) is 20.4 Å². The van der Waals surface area contributed by atoms with Crippen LogP contribution < -0.4 is 5.73 Å². The van der Waals surface area contributed by atoms with Gasteiger partial charge in [-0.2, -0.15) is 0 Å². The van der Waals surface area contributed by atoms with Crippen LogP contribution in [0.15, 0.2) is 33.7 Å². The van der Waals surface area contributed by atoms with E-state index in [9.17, 15) is 0 Å². The Hall–Kier alpha value is -1.03. The van der Waals surface area contributed by atoms with Crippen molar-refractivity contribution >= 4 is 21.9 Å². The van der Waals surface area contributed by atoms with Gasteiger partial charge in [-0.1, -0.05) is 41.9 Å². The number of aliphatic imine (C=N–C) groups is 1. The summed E-state index contributed by atoms with van der Waals surface area (Å²) in [5, 5.41) is 0. The summed E-state index contributed by atoms with van der Waals surface area (Å²) in [6, 6.07) is 8.21. The van der Waals surface area contributed by atoms with Gasteiger partial charge in [0.05, 0.1) is 0 Å². The molecule has 0 saturated heterocycles. The lowest BCUT2D eigenvalue weighted by Crippen LogP contribution is -2.33. The van der Waals surface area contributed by atoms with E-state index in [-0.39, 0.29) is 0 Å². The van der Waals surface area contributed by atoms with E-state index in [0.717, 1.165) is 17.6 Å². The lowest BCUT2D eigenvalue weighted by atomic mass is 10.2. The highest BCUT2D eigenvalue weighted by atomic mass is 79.9. The molecule has 0 aliphatic carbocycles. The quantitative estimate of drug-likeness (QED) is 0.686. The van der Waals surface area contributed by atoms with E-state index in [1.165, 1.54) is 5.56 Å². The molecular formula is C13H20BrN3. The van der Waals surface area contributed by atoms with Crippen LogP contribution >= 0.6 is 15.9 Å². The Bertz CT molecular complexity index is 388. The van der Waals surface area contributed by atoms with Crippen LogP contribution in [0.5, 0.6) is 0 Å². The second kappa shape index (κ2) is 6.64. The van der Waals surface area contributed by atoms with Crippen LogP contribution in [0.4, 0.5) is 0 Å². The zero-order valence-electron chi connectivity index (χ0n) is 10.7. The number of guanidine groups is 1. The smallest absolute Gasteiger partial charge is 0.191 e. The first-order valence-corrected chi connectivity index (χ1v) is 6.54. The van der Waals surface area contributed by atoms with Gasteiger partial charge in [-0.25, -0.2) is 0 Å². The van der Waals surface area contributed by atoms with E-state index in [1.54, 1.807) is 0 Å². The minimum atomic E-state index is 0.535. The molecule has 0 heterocycles. The molecule has 0 unspecified atom stereocenters. The van der Waals surface area contributed by atoms with Gasteiger partial charge in [0.1, 0.15) is 0 Å². The summed E-state index contributed by atoms with van der Waals surface area (Å²) in [6.07, 6.45) is 0. The zero-order valence-corrected chi connectivity index (χ0v) is 12.2. The fourth-order valence-corrected chi connectivity index (χ4v) is 1.83. The largest absolute Gasteiger partial charge is 0.370 e. The van der Waals surface area contributed by atoms with Gasteiger partial charge in [-0.05, 0) is 23.6 Å². The van der Waals surface area contributed by atoms with E-state index in [0.29, 0.717) is 11.9 Å². The molecule has 0 bridgehead atoms. The number of hydrogen-bond acceptors (Lipinski definition) is 1. The number of nitrogens with zero attached hydrogens (tertiary/aromatic N) is 2. The summed E-state index contributed by atoms with van der Waals surface area (Å²) >= 11 is 3.46. The minimum absolute atomic E-state index is 0.535. The molecule has 0 radical (unpaired) electrons. The lowest BCUT2D eigenvalue weighted by molar-refractivity contribution is 0.489. The van der Waals surface area contributed by atoms with E-state index in [1.807, 2.05) is 24.1 Å². The SMILES string of the molecule is CC(C)CN=C(N)N(C)Cc1cccc(Br)c1. The Morgan fingerprint density at radius 3 is 2.76 bits per heavy atom. The van der Waals surface area contributed by atoms with Crippen molar-refractivity contribution in [1.29, 1.82) is 0 Å². The molecule has 2 N–H and O–H groups in total. The molecular weight excluding hydrogens is 278 g/mol. The Morgan fingerprint density at radius 2 is 2.18 bits per heavy atom. The molecule has 0 aliphatic rings. The standard InChI is InChI=1S/C13H20BrN3/c1-10(2)8-16-13(15)17(3)9-11-5-4-6-12(14)7-11/h4-7,10H,8-9H2,1-3H3,(H2,15,16). The Morgan fingerprint density at radius 1 is 1.47 bits per heavy atom. The van der Waals surface area contributed by atoms with Crippen LogP contribution in [0.1, 0.15) is 19.4 Å². The molecule has 0 aliphatic heterocycles. The van der Waals surface area contributed by atoms with Crippen molar-refractivity contribution in [1.82, 2.24) is 4.90 Å². The van der Waals surface area contributed by atoms with Crippen molar-refractivity contribution in [3.63, 3.8) is 0 Å². The molecule has 1 rings (SSSR count). The third kappa shape index (κ3) is 5.22. The van der Waals surface area contributed by atoms with Gasteiger partial charge in [0, 0.05) is 24.6 Å². The van der Waals surface area contributed by atoms with Gasteiger partial charge in [-0.15, -0.1) is 0 Å². The highest BCUT2D eigenvalue weighted by Gasteiger charge is 2.03. The summed E-state index contributed by atoms with van der Waals surface area (Å²) in [5.41, 5.74) is 7.13. The third-order valence-corrected chi connectivity index (χ3v) is 2.81. The Kier molecular flexibility index (Phi) is 5.48. The summed E-state index contributed by atoms with van der Waals surface area (Å²) in [5.74, 6) is 1.13. The number of hydrogen-bond donors (Lipinski definition) is 1. The van der Waals surface area contributed by atoms with Gasteiger partial charge >= 0.3 is 0 Å². The zero-order chi connectivity index (χ0) is 12.8. The molecule has 1 aromatic rings. The molecule has 0 saturated carbocycles. The first-order valence-electron chi connectivity index (χ1n) is 5.74. The van der Waals surface area contributed by atoms with Gasteiger partial charge in [-0.3, -0.25) is 4.99 Å². The summed E-state index contributed by atoms with van der Waals surface area (Å²) in [7, 11) is 1.96. The topological polar surface area (TPSA) is 41.6 Å². The fourth-order valence-electron chi connectivity index (χ4n) is 1.39. The predicted molar refractivity (Wildman–Crippen MR) is 76.9 cm³/mol.